The predicted molar refractivity (Wildman–Crippen MR) is 115 cm³/mol. The zero-order chi connectivity index (χ0) is 21.0. The maximum Gasteiger partial charge on any atom is 0.292 e. The molecule has 0 atom stereocenters. The number of primary amides is 1. The minimum absolute atomic E-state index is 0.114. The summed E-state index contributed by atoms with van der Waals surface area (Å²) in [6.07, 6.45) is 6.74. The molecule has 2 fully saturated rings. The van der Waals surface area contributed by atoms with Crippen LogP contribution in [0.15, 0.2) is 18.2 Å². The fourth-order valence-corrected chi connectivity index (χ4v) is 4.94. The van der Waals surface area contributed by atoms with E-state index in [0.717, 1.165) is 50.9 Å². The Kier molecular flexibility index (Phi) is 6.77. The molecule has 0 bridgehead atoms. The maximum atomic E-state index is 12.1. The van der Waals surface area contributed by atoms with E-state index in [1.807, 2.05) is 26.0 Å². The normalized spacial score (nSPS) is 25.7. The minimum atomic E-state index is -0.458. The van der Waals surface area contributed by atoms with E-state index < -0.39 is 5.41 Å². The van der Waals surface area contributed by atoms with Crippen LogP contribution >= 0.6 is 0 Å². The standard InChI is InChI=1S/C22H34N4O3/c1-16(2)22(21(23)27)10-8-18(9-11-22)24-19-14-17(6-7-20(19)26(28)29)15-25-12-4-3-5-13-25/h6-7,14,16,18,24H,3-5,8-13,15H2,1-2H3,(H2,23,27). The maximum absolute atomic E-state index is 12.1. The van der Waals surface area contributed by atoms with Crippen molar-refractivity contribution in [1.29, 1.82) is 0 Å². The SMILES string of the molecule is CC(C)C1(C(N)=O)CCC(Nc2cc(CN3CCCCC3)ccc2[N+](=O)[O-])CC1. The third-order valence-corrected chi connectivity index (χ3v) is 6.95. The van der Waals surface area contributed by atoms with Gasteiger partial charge in [-0.15, -0.1) is 0 Å². The van der Waals surface area contributed by atoms with Gasteiger partial charge in [0.15, 0.2) is 0 Å². The van der Waals surface area contributed by atoms with E-state index in [9.17, 15) is 14.9 Å². The van der Waals surface area contributed by atoms with Gasteiger partial charge in [0.1, 0.15) is 5.69 Å². The third-order valence-electron chi connectivity index (χ3n) is 6.95. The van der Waals surface area contributed by atoms with Crippen LogP contribution < -0.4 is 11.1 Å². The quantitative estimate of drug-likeness (QED) is 0.529. The van der Waals surface area contributed by atoms with Crippen molar-refractivity contribution in [2.45, 2.75) is 71.4 Å². The molecule has 1 heterocycles. The average molecular weight is 403 g/mol. The van der Waals surface area contributed by atoms with Crippen molar-refractivity contribution in [3.8, 4) is 0 Å². The zero-order valence-corrected chi connectivity index (χ0v) is 17.7. The van der Waals surface area contributed by atoms with Gasteiger partial charge >= 0.3 is 0 Å². The van der Waals surface area contributed by atoms with E-state index >= 15 is 0 Å². The Hall–Kier alpha value is -2.15. The van der Waals surface area contributed by atoms with Crippen LogP contribution in [0.4, 0.5) is 11.4 Å². The molecule has 0 radical (unpaired) electrons. The van der Waals surface area contributed by atoms with Gasteiger partial charge in [-0.3, -0.25) is 19.8 Å². The van der Waals surface area contributed by atoms with Crippen molar-refractivity contribution >= 4 is 17.3 Å². The van der Waals surface area contributed by atoms with E-state index in [1.54, 1.807) is 6.07 Å². The summed E-state index contributed by atoms with van der Waals surface area (Å²) in [5.74, 6) is -0.0244. The molecule has 3 N–H and O–H groups in total. The summed E-state index contributed by atoms with van der Waals surface area (Å²) in [6.45, 7) is 7.11. The smallest absolute Gasteiger partial charge is 0.292 e. The van der Waals surface area contributed by atoms with Crippen LogP contribution in [0.3, 0.4) is 0 Å². The molecule has 0 unspecified atom stereocenters. The first-order chi connectivity index (χ1) is 13.8. The summed E-state index contributed by atoms with van der Waals surface area (Å²) in [7, 11) is 0. The second kappa shape index (κ2) is 9.11. The van der Waals surface area contributed by atoms with Crippen LogP contribution in [0.1, 0.15) is 64.4 Å². The third kappa shape index (κ3) is 4.89. The van der Waals surface area contributed by atoms with Crippen LogP contribution in [0, 0.1) is 21.4 Å². The predicted octanol–water partition coefficient (Wildman–Crippen LogP) is 4.06. The number of nitrogens with one attached hydrogen (secondary N) is 1. The number of likely N-dealkylation sites (tertiary alicyclic amines) is 1. The van der Waals surface area contributed by atoms with Crippen molar-refractivity contribution in [3.63, 3.8) is 0 Å². The lowest BCUT2D eigenvalue weighted by molar-refractivity contribution is -0.384. The number of carbonyl (C=O) groups is 1. The Morgan fingerprint density at radius 3 is 2.48 bits per heavy atom. The Morgan fingerprint density at radius 1 is 1.28 bits per heavy atom. The number of benzene rings is 1. The topological polar surface area (TPSA) is 102 Å². The van der Waals surface area contributed by atoms with Crippen molar-refractivity contribution in [2.24, 2.45) is 17.1 Å². The summed E-state index contributed by atoms with van der Waals surface area (Å²) in [5.41, 5.74) is 7.07. The molecule has 1 aliphatic carbocycles. The molecule has 1 aromatic rings. The molecule has 0 aromatic heterocycles. The number of nitro groups is 1. The summed E-state index contributed by atoms with van der Waals surface area (Å²) in [5, 5.41) is 15.0. The van der Waals surface area contributed by atoms with E-state index in [4.69, 9.17) is 5.73 Å². The zero-order valence-electron chi connectivity index (χ0n) is 17.7. The highest BCUT2D eigenvalue weighted by Gasteiger charge is 2.43. The van der Waals surface area contributed by atoms with E-state index in [0.29, 0.717) is 5.69 Å². The van der Waals surface area contributed by atoms with Gasteiger partial charge in [-0.2, -0.15) is 0 Å². The van der Waals surface area contributed by atoms with E-state index in [2.05, 4.69) is 10.2 Å². The largest absolute Gasteiger partial charge is 0.377 e. The number of hydrogen-bond acceptors (Lipinski definition) is 5. The summed E-state index contributed by atoms with van der Waals surface area (Å²) in [4.78, 5) is 25.7. The van der Waals surface area contributed by atoms with Gasteiger partial charge in [-0.1, -0.05) is 26.3 Å². The van der Waals surface area contributed by atoms with Gasteiger partial charge < -0.3 is 11.1 Å². The number of nitrogens with two attached hydrogens (primary N) is 1. The molecule has 3 rings (SSSR count). The molecule has 160 valence electrons. The first-order valence-corrected chi connectivity index (χ1v) is 10.9. The highest BCUT2D eigenvalue weighted by atomic mass is 16.6. The van der Waals surface area contributed by atoms with Crippen molar-refractivity contribution in [3.05, 3.63) is 33.9 Å². The second-order valence-corrected chi connectivity index (χ2v) is 9.04. The van der Waals surface area contributed by atoms with Crippen molar-refractivity contribution in [1.82, 2.24) is 4.90 Å². The van der Waals surface area contributed by atoms with E-state index in [-0.39, 0.29) is 28.5 Å². The molecular formula is C22H34N4O3. The first-order valence-electron chi connectivity index (χ1n) is 10.9. The van der Waals surface area contributed by atoms with Crippen LogP contribution in [-0.2, 0) is 11.3 Å². The molecule has 1 aliphatic heterocycles. The molecule has 2 aliphatic rings. The van der Waals surface area contributed by atoms with E-state index in [1.165, 1.54) is 19.3 Å². The molecule has 1 amide bonds. The molecule has 1 saturated carbocycles. The van der Waals surface area contributed by atoms with Gasteiger partial charge in [-0.25, -0.2) is 0 Å². The number of rotatable bonds is 7. The number of carbonyl (C=O) groups excluding carboxylic acids is 1. The number of piperidine rings is 1. The number of nitrogens with zero attached hydrogens (tertiary/aromatic N) is 2. The highest BCUT2D eigenvalue weighted by Crippen LogP contribution is 2.43. The fourth-order valence-electron chi connectivity index (χ4n) is 4.94. The monoisotopic (exact) mass is 402 g/mol. The summed E-state index contributed by atoms with van der Waals surface area (Å²) >= 11 is 0. The molecular weight excluding hydrogens is 368 g/mol. The molecule has 0 spiro atoms. The number of nitro benzene ring substituents is 1. The Morgan fingerprint density at radius 2 is 1.93 bits per heavy atom. The number of anilines is 1. The van der Waals surface area contributed by atoms with Crippen molar-refractivity contribution in [2.75, 3.05) is 18.4 Å². The molecule has 1 aromatic carbocycles. The number of hydrogen-bond donors (Lipinski definition) is 2. The lowest BCUT2D eigenvalue weighted by Gasteiger charge is -2.41. The Balaban J connectivity index is 1.71. The summed E-state index contributed by atoms with van der Waals surface area (Å²) in [6, 6.07) is 5.54. The van der Waals surface area contributed by atoms with Gasteiger partial charge in [-0.05, 0) is 69.2 Å². The molecule has 7 nitrogen and oxygen atoms in total. The molecule has 7 heteroatoms. The van der Waals surface area contributed by atoms with Crippen molar-refractivity contribution < 1.29 is 9.72 Å². The van der Waals surface area contributed by atoms with Crippen LogP contribution in [-0.4, -0.2) is 34.9 Å². The van der Waals surface area contributed by atoms with Crippen LogP contribution in [0.25, 0.3) is 0 Å². The lowest BCUT2D eigenvalue weighted by atomic mass is 9.65. The minimum Gasteiger partial charge on any atom is -0.377 e. The Labute approximate surface area is 173 Å². The highest BCUT2D eigenvalue weighted by molar-refractivity contribution is 5.81. The van der Waals surface area contributed by atoms with Gasteiger partial charge in [0.2, 0.25) is 5.91 Å². The first kappa shape index (κ1) is 21.6. The average Bonchev–Trinajstić information content (AvgIpc) is 2.69. The lowest BCUT2D eigenvalue weighted by Crippen LogP contribution is -2.46. The Bertz CT molecular complexity index is 736. The van der Waals surface area contributed by atoms with Gasteiger partial charge in [0.25, 0.3) is 5.69 Å². The number of amides is 1. The van der Waals surface area contributed by atoms with Crippen LogP contribution in [0.2, 0.25) is 0 Å². The molecule has 29 heavy (non-hydrogen) atoms. The van der Waals surface area contributed by atoms with Gasteiger partial charge in [0.05, 0.1) is 10.3 Å². The molecule has 1 saturated heterocycles. The summed E-state index contributed by atoms with van der Waals surface area (Å²) < 4.78 is 0. The van der Waals surface area contributed by atoms with Crippen LogP contribution in [0.5, 0.6) is 0 Å². The van der Waals surface area contributed by atoms with Gasteiger partial charge in [0, 0.05) is 18.7 Å². The second-order valence-electron chi connectivity index (χ2n) is 9.04. The fraction of sp³-hybridized carbons (Fsp3) is 0.682.